The van der Waals surface area contributed by atoms with Crippen LogP contribution in [0.4, 0.5) is 4.79 Å². The van der Waals surface area contributed by atoms with E-state index in [4.69, 9.17) is 23.2 Å². The van der Waals surface area contributed by atoms with Crippen LogP contribution in [0.5, 0.6) is 0 Å². The third kappa shape index (κ3) is 2.52. The highest BCUT2D eigenvalue weighted by Gasteiger charge is 2.44. The molecular weight excluding hydrogens is 385 g/mol. The minimum atomic E-state index is -0.385. The van der Waals surface area contributed by atoms with Gasteiger partial charge in [0.2, 0.25) is 4.80 Å². The number of rotatable bonds is 1. The van der Waals surface area contributed by atoms with E-state index in [0.717, 1.165) is 0 Å². The third-order valence-corrected chi connectivity index (χ3v) is 5.80. The zero-order valence-electron chi connectivity index (χ0n) is 13.2. The maximum atomic E-state index is 12.7. The first-order valence-electron chi connectivity index (χ1n) is 7.39. The van der Waals surface area contributed by atoms with Crippen molar-refractivity contribution in [2.24, 2.45) is 4.99 Å². The Morgan fingerprint density at radius 3 is 2.72 bits per heavy atom. The molecule has 0 saturated carbocycles. The molecule has 130 valence electrons. The molecule has 7 nitrogen and oxygen atoms in total. The number of urea groups is 1. The van der Waals surface area contributed by atoms with Crippen molar-refractivity contribution in [2.45, 2.75) is 12.3 Å². The summed E-state index contributed by atoms with van der Waals surface area (Å²) < 4.78 is 1.87. The number of thiazole rings is 1. The molecule has 10 heteroatoms. The van der Waals surface area contributed by atoms with Crippen LogP contribution in [-0.4, -0.2) is 46.9 Å². The Hall–Kier alpha value is -2.03. The first kappa shape index (κ1) is 16.4. The average molecular weight is 398 g/mol. The normalized spacial score (nSPS) is 22.6. The van der Waals surface area contributed by atoms with Gasteiger partial charge < -0.3 is 9.80 Å². The molecule has 2 aliphatic rings. The van der Waals surface area contributed by atoms with E-state index in [-0.39, 0.29) is 23.9 Å². The van der Waals surface area contributed by atoms with E-state index in [0.29, 0.717) is 24.9 Å². The molecule has 2 unspecified atom stereocenters. The van der Waals surface area contributed by atoms with Crippen molar-refractivity contribution in [1.29, 1.82) is 0 Å². The summed E-state index contributed by atoms with van der Waals surface area (Å²) in [7, 11) is 3.37. The number of halogens is 2. The summed E-state index contributed by atoms with van der Waals surface area (Å²) in [5, 5.41) is 1.000. The van der Waals surface area contributed by atoms with Crippen molar-refractivity contribution in [2.75, 3.05) is 19.5 Å². The molecule has 1 aromatic carbocycles. The molecule has 0 bridgehead atoms. The minimum Gasteiger partial charge on any atom is -0.302 e. The van der Waals surface area contributed by atoms with Gasteiger partial charge in [0.1, 0.15) is 0 Å². The van der Waals surface area contributed by atoms with Crippen molar-refractivity contribution >= 4 is 46.6 Å². The predicted molar refractivity (Wildman–Crippen MR) is 97.2 cm³/mol. The third-order valence-electron chi connectivity index (χ3n) is 4.26. The number of hydrogen-bond donors (Lipinski definition) is 1. The molecule has 2 amide bonds. The second kappa shape index (κ2) is 5.76. The van der Waals surface area contributed by atoms with Gasteiger partial charge in [-0.3, -0.25) is 10.2 Å². The smallest absolute Gasteiger partial charge is 0.302 e. The Morgan fingerprint density at radius 2 is 2.00 bits per heavy atom. The molecule has 1 saturated heterocycles. The first-order valence-corrected chi connectivity index (χ1v) is 8.96. The Balaban J connectivity index is 1.84. The van der Waals surface area contributed by atoms with E-state index in [2.05, 4.69) is 10.4 Å². The molecule has 25 heavy (non-hydrogen) atoms. The highest BCUT2D eigenvalue weighted by molar-refractivity contribution is 7.07. The summed E-state index contributed by atoms with van der Waals surface area (Å²) >= 11 is 13.3. The lowest BCUT2D eigenvalue weighted by atomic mass is 10.2. The summed E-state index contributed by atoms with van der Waals surface area (Å²) in [5.74, 6) is 0. The van der Waals surface area contributed by atoms with Crippen LogP contribution in [0.15, 0.2) is 28.0 Å². The van der Waals surface area contributed by atoms with Gasteiger partial charge in [-0.05, 0) is 23.8 Å². The average Bonchev–Trinajstić information content (AvgIpc) is 2.99. The number of amides is 2. The molecule has 0 radical (unpaired) electrons. The van der Waals surface area contributed by atoms with Crippen LogP contribution in [0, 0.1) is 0 Å². The quantitative estimate of drug-likeness (QED) is 0.775. The number of aromatic nitrogens is 1. The fourth-order valence-corrected chi connectivity index (χ4v) is 4.29. The molecule has 2 aromatic rings. The van der Waals surface area contributed by atoms with Crippen LogP contribution in [0.3, 0.4) is 0 Å². The summed E-state index contributed by atoms with van der Waals surface area (Å²) in [4.78, 5) is 32.9. The molecule has 1 fully saturated rings. The topological polar surface area (TPSA) is 69.9 Å². The highest BCUT2D eigenvalue weighted by atomic mass is 35.5. The molecule has 2 aliphatic heterocycles. The van der Waals surface area contributed by atoms with E-state index < -0.39 is 0 Å². The SMILES string of the molecule is CN1C(=O)N(C)C2Nn3c(s/c(=C\c4ccc(Cl)cc4Cl)c3=O)=NC21. The number of carbonyl (C=O) groups excluding carboxylic acids is 1. The Morgan fingerprint density at radius 1 is 1.24 bits per heavy atom. The van der Waals surface area contributed by atoms with Crippen LogP contribution < -0.4 is 20.3 Å². The van der Waals surface area contributed by atoms with E-state index in [1.807, 2.05) is 0 Å². The number of likely N-dealkylation sites (N-methyl/N-ethyl adjacent to an activating group) is 2. The van der Waals surface area contributed by atoms with E-state index in [1.165, 1.54) is 20.9 Å². The van der Waals surface area contributed by atoms with Gasteiger partial charge in [0.05, 0.1) is 4.53 Å². The van der Waals surface area contributed by atoms with Crippen molar-refractivity contribution in [3.63, 3.8) is 0 Å². The predicted octanol–water partition coefficient (Wildman–Crippen LogP) is 0.871. The number of hydrogen-bond acceptors (Lipinski definition) is 5. The molecule has 0 aliphatic carbocycles. The van der Waals surface area contributed by atoms with Gasteiger partial charge in [-0.2, -0.15) is 4.68 Å². The molecule has 1 aromatic heterocycles. The van der Waals surface area contributed by atoms with Crippen LogP contribution in [0.2, 0.25) is 10.0 Å². The van der Waals surface area contributed by atoms with Crippen molar-refractivity contribution in [1.82, 2.24) is 14.5 Å². The standard InChI is InChI=1S/C15H13Cl2N5O2S/c1-20-11-12(21(2)15(20)24)19-22-13(23)10(25-14(22)18-11)5-7-3-4-8(16)6-9(7)17/h3-6,11-12,19H,1-2H3/b10-5-. The van der Waals surface area contributed by atoms with Gasteiger partial charge in [-0.15, -0.1) is 0 Å². The monoisotopic (exact) mass is 397 g/mol. The molecule has 2 atom stereocenters. The van der Waals surface area contributed by atoms with E-state index in [1.54, 1.807) is 43.3 Å². The summed E-state index contributed by atoms with van der Waals surface area (Å²) in [6, 6.07) is 4.96. The fourth-order valence-electron chi connectivity index (χ4n) is 2.88. The summed E-state index contributed by atoms with van der Waals surface area (Å²) in [6.07, 6.45) is 0.953. The van der Waals surface area contributed by atoms with Crippen LogP contribution in [0.25, 0.3) is 6.08 Å². The Kier molecular flexibility index (Phi) is 3.78. The van der Waals surface area contributed by atoms with E-state index in [9.17, 15) is 9.59 Å². The van der Waals surface area contributed by atoms with Crippen molar-refractivity contribution < 1.29 is 4.79 Å². The van der Waals surface area contributed by atoms with Crippen molar-refractivity contribution in [3.8, 4) is 0 Å². The molecule has 4 rings (SSSR count). The maximum Gasteiger partial charge on any atom is 0.323 e. The maximum absolute atomic E-state index is 12.7. The highest BCUT2D eigenvalue weighted by Crippen LogP contribution is 2.22. The zero-order valence-corrected chi connectivity index (χ0v) is 15.6. The Labute approximate surface area is 156 Å². The number of fused-ring (bicyclic) bond motifs is 2. The summed E-state index contributed by atoms with van der Waals surface area (Å²) in [6.45, 7) is 0. The van der Waals surface area contributed by atoms with Gasteiger partial charge in [-0.25, -0.2) is 9.79 Å². The van der Waals surface area contributed by atoms with Gasteiger partial charge in [0, 0.05) is 24.1 Å². The molecule has 3 heterocycles. The number of nitrogens with one attached hydrogen (secondary N) is 1. The number of benzene rings is 1. The molecular formula is C15H13Cl2N5O2S. The molecule has 0 spiro atoms. The van der Waals surface area contributed by atoms with Gasteiger partial charge >= 0.3 is 6.03 Å². The van der Waals surface area contributed by atoms with Crippen LogP contribution in [0.1, 0.15) is 5.56 Å². The van der Waals surface area contributed by atoms with Gasteiger partial charge in [0.25, 0.3) is 5.56 Å². The first-order chi connectivity index (χ1) is 11.9. The van der Waals surface area contributed by atoms with Gasteiger partial charge in [0.15, 0.2) is 12.3 Å². The van der Waals surface area contributed by atoms with E-state index >= 15 is 0 Å². The second-order valence-electron chi connectivity index (χ2n) is 5.82. The number of nitrogens with zero attached hydrogens (tertiary/aromatic N) is 4. The lowest BCUT2D eigenvalue weighted by Gasteiger charge is -2.26. The largest absolute Gasteiger partial charge is 0.323 e. The summed E-state index contributed by atoms with van der Waals surface area (Å²) in [5.41, 5.74) is 3.55. The van der Waals surface area contributed by atoms with Gasteiger partial charge in [-0.1, -0.05) is 40.6 Å². The second-order valence-corrected chi connectivity index (χ2v) is 7.67. The van der Waals surface area contributed by atoms with Crippen LogP contribution in [-0.2, 0) is 0 Å². The fraction of sp³-hybridized carbons (Fsp3) is 0.267. The lowest BCUT2D eigenvalue weighted by Crippen LogP contribution is -2.54. The Bertz CT molecular complexity index is 1060. The lowest BCUT2D eigenvalue weighted by molar-refractivity contribution is 0.200. The molecule has 1 N–H and O–H groups in total. The zero-order chi connectivity index (χ0) is 17.9. The minimum absolute atomic E-state index is 0.144. The van der Waals surface area contributed by atoms with Crippen molar-refractivity contribution in [3.05, 3.63) is 53.5 Å². The van der Waals surface area contributed by atoms with Crippen LogP contribution >= 0.6 is 34.5 Å². The number of carbonyl (C=O) groups is 1.